The molecular formula is C27H25F2N3O5. The molecule has 10 heteroatoms. The lowest BCUT2D eigenvalue weighted by atomic mass is 9.88. The van der Waals surface area contributed by atoms with E-state index in [9.17, 15) is 32.8 Å². The maximum Gasteiger partial charge on any atom is 0.262 e. The van der Waals surface area contributed by atoms with Gasteiger partial charge in [0.25, 0.3) is 17.7 Å². The topological polar surface area (TPSA) is 104 Å². The Morgan fingerprint density at radius 3 is 2.41 bits per heavy atom. The van der Waals surface area contributed by atoms with Crippen LogP contribution in [-0.2, 0) is 16.0 Å². The van der Waals surface area contributed by atoms with Crippen LogP contribution in [0.2, 0.25) is 0 Å². The fraction of sp³-hybridized carbons (Fsp3) is 0.370. The molecule has 2 aromatic rings. The molecule has 1 N–H and O–H groups in total. The van der Waals surface area contributed by atoms with E-state index < -0.39 is 41.3 Å². The van der Waals surface area contributed by atoms with Gasteiger partial charge in [-0.2, -0.15) is 0 Å². The molecule has 1 unspecified atom stereocenters. The SMILES string of the molecule is O=C1CCC(N2C(=O)c3cccc(CCC4CCN(C(=O)c5ccc(F)c(F)c5)CC4)c3C2=O)C(=O)N1. The van der Waals surface area contributed by atoms with Gasteiger partial charge in [-0.3, -0.25) is 34.2 Å². The molecule has 2 fully saturated rings. The van der Waals surface area contributed by atoms with E-state index in [4.69, 9.17) is 0 Å². The lowest BCUT2D eigenvalue weighted by Crippen LogP contribution is -2.54. The Balaban J connectivity index is 1.21. The van der Waals surface area contributed by atoms with Gasteiger partial charge in [0.15, 0.2) is 11.6 Å². The zero-order valence-corrected chi connectivity index (χ0v) is 20.0. The summed E-state index contributed by atoms with van der Waals surface area (Å²) in [6, 6.07) is 7.23. The first-order chi connectivity index (χ1) is 17.7. The van der Waals surface area contributed by atoms with Crippen molar-refractivity contribution in [3.05, 3.63) is 70.3 Å². The van der Waals surface area contributed by atoms with Crippen molar-refractivity contribution in [2.45, 2.75) is 44.6 Å². The molecule has 0 aromatic heterocycles. The van der Waals surface area contributed by atoms with Crippen molar-refractivity contribution in [2.24, 2.45) is 5.92 Å². The molecule has 37 heavy (non-hydrogen) atoms. The van der Waals surface area contributed by atoms with Crippen molar-refractivity contribution >= 4 is 29.5 Å². The first-order valence-corrected chi connectivity index (χ1v) is 12.3. The molecule has 0 spiro atoms. The van der Waals surface area contributed by atoms with Crippen LogP contribution >= 0.6 is 0 Å². The lowest BCUT2D eigenvalue weighted by molar-refractivity contribution is -0.136. The molecule has 3 aliphatic heterocycles. The second-order valence-corrected chi connectivity index (χ2v) is 9.69. The molecule has 0 bridgehead atoms. The van der Waals surface area contributed by atoms with Gasteiger partial charge < -0.3 is 4.90 Å². The molecule has 5 rings (SSSR count). The molecular weight excluding hydrogens is 484 g/mol. The monoisotopic (exact) mass is 509 g/mol. The molecule has 0 aliphatic carbocycles. The Kier molecular flexibility index (Phi) is 6.57. The van der Waals surface area contributed by atoms with Crippen molar-refractivity contribution in [1.82, 2.24) is 15.1 Å². The average Bonchev–Trinajstić information content (AvgIpc) is 3.14. The molecule has 8 nitrogen and oxygen atoms in total. The summed E-state index contributed by atoms with van der Waals surface area (Å²) in [6.45, 7) is 0.964. The van der Waals surface area contributed by atoms with E-state index in [1.54, 1.807) is 23.1 Å². The van der Waals surface area contributed by atoms with Crippen LogP contribution in [0.4, 0.5) is 8.78 Å². The predicted molar refractivity (Wildman–Crippen MR) is 126 cm³/mol. The van der Waals surface area contributed by atoms with E-state index in [1.807, 2.05) is 0 Å². The van der Waals surface area contributed by atoms with Crippen LogP contribution in [-0.4, -0.2) is 58.5 Å². The average molecular weight is 510 g/mol. The number of amides is 5. The van der Waals surface area contributed by atoms with Crippen molar-refractivity contribution in [2.75, 3.05) is 13.1 Å². The van der Waals surface area contributed by atoms with Gasteiger partial charge >= 0.3 is 0 Å². The summed E-state index contributed by atoms with van der Waals surface area (Å²) in [7, 11) is 0. The van der Waals surface area contributed by atoms with E-state index in [0.29, 0.717) is 25.1 Å². The van der Waals surface area contributed by atoms with Gasteiger partial charge in [-0.25, -0.2) is 8.78 Å². The Labute approximate surface area is 211 Å². The Morgan fingerprint density at radius 2 is 1.70 bits per heavy atom. The highest BCUT2D eigenvalue weighted by Crippen LogP contribution is 2.32. The van der Waals surface area contributed by atoms with Gasteiger partial charge in [0.2, 0.25) is 11.8 Å². The van der Waals surface area contributed by atoms with Crippen LogP contribution in [0.5, 0.6) is 0 Å². The van der Waals surface area contributed by atoms with Gasteiger partial charge in [-0.15, -0.1) is 0 Å². The molecule has 192 valence electrons. The maximum absolute atomic E-state index is 13.5. The zero-order valence-electron chi connectivity index (χ0n) is 20.0. The van der Waals surface area contributed by atoms with Crippen molar-refractivity contribution < 1.29 is 32.8 Å². The van der Waals surface area contributed by atoms with Crippen LogP contribution in [0, 0.1) is 17.6 Å². The van der Waals surface area contributed by atoms with Crippen LogP contribution in [0.25, 0.3) is 0 Å². The number of benzene rings is 2. The number of piperidine rings is 2. The minimum absolute atomic E-state index is 0.0635. The number of carbonyl (C=O) groups is 5. The van der Waals surface area contributed by atoms with Crippen molar-refractivity contribution in [3.63, 3.8) is 0 Å². The highest BCUT2D eigenvalue weighted by atomic mass is 19.2. The third kappa shape index (κ3) is 4.63. The van der Waals surface area contributed by atoms with Crippen LogP contribution < -0.4 is 5.32 Å². The third-order valence-electron chi connectivity index (χ3n) is 7.44. The van der Waals surface area contributed by atoms with E-state index in [1.165, 1.54) is 6.07 Å². The number of hydrogen-bond acceptors (Lipinski definition) is 5. The molecule has 5 amide bonds. The van der Waals surface area contributed by atoms with Crippen molar-refractivity contribution in [3.8, 4) is 0 Å². The number of hydrogen-bond donors (Lipinski definition) is 1. The summed E-state index contributed by atoms with van der Waals surface area (Å²) in [5.41, 5.74) is 1.41. The number of halogens is 2. The van der Waals surface area contributed by atoms with Crippen LogP contribution in [0.3, 0.4) is 0 Å². The minimum atomic E-state index is -1.06. The highest BCUT2D eigenvalue weighted by molar-refractivity contribution is 6.24. The van der Waals surface area contributed by atoms with Gasteiger partial charge in [0, 0.05) is 25.1 Å². The quantitative estimate of drug-likeness (QED) is 0.625. The van der Waals surface area contributed by atoms with E-state index in [-0.39, 0.29) is 35.8 Å². The smallest absolute Gasteiger partial charge is 0.262 e. The number of fused-ring (bicyclic) bond motifs is 1. The normalized spacial score (nSPS) is 20.3. The van der Waals surface area contributed by atoms with Crippen molar-refractivity contribution in [1.29, 1.82) is 0 Å². The number of nitrogens with one attached hydrogen (secondary N) is 1. The molecule has 1 atom stereocenters. The molecule has 2 saturated heterocycles. The summed E-state index contributed by atoms with van der Waals surface area (Å²) >= 11 is 0. The molecule has 3 heterocycles. The predicted octanol–water partition coefficient (Wildman–Crippen LogP) is 2.85. The zero-order chi connectivity index (χ0) is 26.3. The number of rotatable bonds is 5. The van der Waals surface area contributed by atoms with E-state index in [2.05, 4.69) is 5.32 Å². The molecule has 0 radical (unpaired) electrons. The number of imide groups is 2. The first-order valence-electron chi connectivity index (χ1n) is 12.3. The lowest BCUT2D eigenvalue weighted by Gasteiger charge is -2.32. The summed E-state index contributed by atoms with van der Waals surface area (Å²) in [6.07, 6.45) is 2.90. The Bertz CT molecular complexity index is 1320. The van der Waals surface area contributed by atoms with Gasteiger partial charge in [0.05, 0.1) is 11.1 Å². The van der Waals surface area contributed by atoms with E-state index in [0.717, 1.165) is 41.9 Å². The number of carbonyl (C=O) groups excluding carboxylic acids is 5. The summed E-state index contributed by atoms with van der Waals surface area (Å²) in [5.74, 6) is -4.21. The first kappa shape index (κ1) is 24.7. The summed E-state index contributed by atoms with van der Waals surface area (Å²) in [5, 5.41) is 2.20. The van der Waals surface area contributed by atoms with Gasteiger partial charge in [-0.05, 0) is 67.9 Å². The fourth-order valence-electron chi connectivity index (χ4n) is 5.39. The highest BCUT2D eigenvalue weighted by Gasteiger charge is 2.45. The number of nitrogens with zero attached hydrogens (tertiary/aromatic N) is 2. The summed E-state index contributed by atoms with van der Waals surface area (Å²) < 4.78 is 26.7. The Morgan fingerprint density at radius 1 is 0.946 bits per heavy atom. The molecule has 3 aliphatic rings. The minimum Gasteiger partial charge on any atom is -0.339 e. The standard InChI is InChI=1S/C27H25F2N3O5/c28-19-7-6-17(14-20(19)29)25(35)31-12-10-15(11-13-31)4-5-16-2-1-3-18-23(16)27(37)32(26(18)36)21-8-9-22(33)30-24(21)34/h1-3,6-7,14-15,21H,4-5,8-13H2,(H,30,33,34). The second-order valence-electron chi connectivity index (χ2n) is 9.69. The second kappa shape index (κ2) is 9.84. The molecule has 0 saturated carbocycles. The Hall–Kier alpha value is -3.95. The van der Waals surface area contributed by atoms with Gasteiger partial charge in [0.1, 0.15) is 6.04 Å². The molecule has 2 aromatic carbocycles. The maximum atomic E-state index is 13.5. The van der Waals surface area contributed by atoms with E-state index >= 15 is 0 Å². The fourth-order valence-corrected chi connectivity index (χ4v) is 5.39. The largest absolute Gasteiger partial charge is 0.339 e. The van der Waals surface area contributed by atoms with Crippen LogP contribution in [0.15, 0.2) is 36.4 Å². The summed E-state index contributed by atoms with van der Waals surface area (Å²) in [4.78, 5) is 65.3. The van der Waals surface area contributed by atoms with Crippen LogP contribution in [0.1, 0.15) is 68.7 Å². The number of likely N-dealkylation sites (tertiary alicyclic amines) is 1. The third-order valence-corrected chi connectivity index (χ3v) is 7.44. The van der Waals surface area contributed by atoms with Gasteiger partial charge in [-0.1, -0.05) is 12.1 Å². The number of aryl methyl sites for hydroxylation is 1.